The molecule has 0 saturated heterocycles. The number of hydrogen-bond donors (Lipinski definition) is 1. The number of halogens is 4. The van der Waals surface area contributed by atoms with Crippen LogP contribution in [0.3, 0.4) is 0 Å². The van der Waals surface area contributed by atoms with Gasteiger partial charge in [-0.05, 0) is 24.6 Å². The molecule has 2 amide bonds. The Labute approximate surface area is 168 Å². The minimum absolute atomic E-state index is 0.0356. The highest BCUT2D eigenvalue weighted by Gasteiger charge is 2.61. The van der Waals surface area contributed by atoms with Gasteiger partial charge in [0.25, 0.3) is 5.66 Å². The molecular formula is C19H13ClF3N3OS. The fraction of sp³-hybridized carbons (Fsp3) is 0.158. The molecule has 2 aliphatic rings. The van der Waals surface area contributed by atoms with Gasteiger partial charge in [-0.3, -0.25) is 0 Å². The topological polar surface area (TPSA) is 44.7 Å². The maximum atomic E-state index is 14.1. The number of nitrogens with one attached hydrogen (secondary N) is 1. The average Bonchev–Trinajstić information content (AvgIpc) is 3.06. The summed E-state index contributed by atoms with van der Waals surface area (Å²) in [4.78, 5) is 17.9. The molecule has 1 N–H and O–H groups in total. The van der Waals surface area contributed by atoms with Crippen LogP contribution in [0.5, 0.6) is 0 Å². The summed E-state index contributed by atoms with van der Waals surface area (Å²) in [6.45, 7) is 1.77. The Bertz CT molecular complexity index is 1000. The molecule has 2 aliphatic heterocycles. The third kappa shape index (κ3) is 2.97. The summed E-state index contributed by atoms with van der Waals surface area (Å²) in [5.41, 5.74) is -1.09. The maximum absolute atomic E-state index is 14.1. The van der Waals surface area contributed by atoms with Gasteiger partial charge in [0.15, 0.2) is 5.17 Å². The third-order valence-corrected chi connectivity index (χ3v) is 5.56. The van der Waals surface area contributed by atoms with Crippen LogP contribution < -0.4 is 5.32 Å². The van der Waals surface area contributed by atoms with E-state index in [1.165, 1.54) is 12.1 Å². The molecule has 0 spiro atoms. The number of hydrogen-bond acceptors (Lipinski definition) is 3. The van der Waals surface area contributed by atoms with E-state index in [9.17, 15) is 18.0 Å². The second-order valence-corrected chi connectivity index (χ2v) is 7.63. The molecule has 2 aromatic carbocycles. The number of thioether (sulfide) groups is 1. The van der Waals surface area contributed by atoms with Crippen molar-refractivity contribution in [3.05, 3.63) is 75.7 Å². The van der Waals surface area contributed by atoms with Crippen LogP contribution in [0.2, 0.25) is 5.02 Å². The fourth-order valence-electron chi connectivity index (χ4n) is 3.02. The van der Waals surface area contributed by atoms with E-state index in [4.69, 9.17) is 11.6 Å². The molecule has 2 heterocycles. The number of carbonyl (C=O) groups is 1. The van der Waals surface area contributed by atoms with Gasteiger partial charge >= 0.3 is 12.2 Å². The summed E-state index contributed by atoms with van der Waals surface area (Å²) in [6, 6.07) is 11.5. The van der Waals surface area contributed by atoms with Crippen LogP contribution in [0.15, 0.2) is 58.9 Å². The van der Waals surface area contributed by atoms with Crippen molar-refractivity contribution in [1.29, 1.82) is 0 Å². The predicted octanol–water partition coefficient (Wildman–Crippen LogP) is 5.49. The molecule has 0 radical (unpaired) electrons. The molecule has 4 rings (SSSR count). The van der Waals surface area contributed by atoms with Crippen molar-refractivity contribution >= 4 is 40.3 Å². The van der Waals surface area contributed by atoms with Crippen molar-refractivity contribution in [2.75, 3.05) is 0 Å². The highest BCUT2D eigenvalue weighted by atomic mass is 35.5. The van der Waals surface area contributed by atoms with Crippen LogP contribution in [0, 0.1) is 6.92 Å². The Morgan fingerprint density at radius 2 is 1.75 bits per heavy atom. The van der Waals surface area contributed by atoms with Gasteiger partial charge in [0.05, 0.1) is 5.70 Å². The molecule has 0 aliphatic carbocycles. The van der Waals surface area contributed by atoms with Crippen LogP contribution >= 0.6 is 23.4 Å². The Morgan fingerprint density at radius 3 is 2.36 bits per heavy atom. The van der Waals surface area contributed by atoms with E-state index >= 15 is 0 Å². The molecule has 144 valence electrons. The summed E-state index contributed by atoms with van der Waals surface area (Å²) >= 11 is 6.86. The number of aliphatic imine (C=N–C) groups is 1. The van der Waals surface area contributed by atoms with Gasteiger partial charge in [-0.15, -0.1) is 0 Å². The quantitative estimate of drug-likeness (QED) is 0.694. The summed E-state index contributed by atoms with van der Waals surface area (Å²) < 4.78 is 42.3. The minimum Gasteiger partial charge on any atom is -0.301 e. The van der Waals surface area contributed by atoms with Crippen molar-refractivity contribution in [2.24, 2.45) is 4.99 Å². The van der Waals surface area contributed by atoms with E-state index < -0.39 is 17.9 Å². The van der Waals surface area contributed by atoms with Crippen molar-refractivity contribution < 1.29 is 18.0 Å². The molecule has 0 aromatic heterocycles. The number of alkyl halides is 3. The molecule has 0 saturated carbocycles. The monoisotopic (exact) mass is 423 g/mol. The normalized spacial score (nSPS) is 21.8. The van der Waals surface area contributed by atoms with Crippen LogP contribution in [-0.2, 0) is 5.66 Å². The molecule has 0 fully saturated rings. The molecule has 4 nitrogen and oxygen atoms in total. The lowest BCUT2D eigenvalue weighted by Crippen LogP contribution is -2.61. The number of urea groups is 1. The number of aryl methyl sites for hydroxylation is 1. The van der Waals surface area contributed by atoms with Crippen molar-refractivity contribution in [3.63, 3.8) is 0 Å². The second kappa shape index (κ2) is 6.56. The van der Waals surface area contributed by atoms with Crippen LogP contribution in [-0.4, -0.2) is 22.3 Å². The standard InChI is InChI=1S/C19H13ClF3N3OS/c1-11-2-6-13(7-3-11)18(19(21,22)23)24-16(27)26-15(10-28-17(26)25-18)12-4-8-14(20)9-5-12/h2-10H,1H3,(H,24,27)/t18-/m1/s1. The zero-order valence-electron chi connectivity index (χ0n) is 14.4. The van der Waals surface area contributed by atoms with Gasteiger partial charge in [0, 0.05) is 16.0 Å². The molecule has 9 heteroatoms. The summed E-state index contributed by atoms with van der Waals surface area (Å²) in [5.74, 6) is 0. The lowest BCUT2D eigenvalue weighted by Gasteiger charge is -2.39. The predicted molar refractivity (Wildman–Crippen MR) is 104 cm³/mol. The summed E-state index contributed by atoms with van der Waals surface area (Å²) in [7, 11) is 0. The Hall–Kier alpha value is -2.45. The first kappa shape index (κ1) is 18.9. The molecule has 0 unspecified atom stereocenters. The minimum atomic E-state index is -4.82. The molecule has 0 bridgehead atoms. The number of amidine groups is 1. The van der Waals surface area contributed by atoms with Gasteiger partial charge in [-0.2, -0.15) is 13.2 Å². The van der Waals surface area contributed by atoms with E-state index in [2.05, 4.69) is 10.3 Å². The van der Waals surface area contributed by atoms with Gasteiger partial charge < -0.3 is 5.32 Å². The number of amides is 2. The number of benzene rings is 2. The second-order valence-electron chi connectivity index (χ2n) is 6.36. The van der Waals surface area contributed by atoms with Gasteiger partial charge in [-0.25, -0.2) is 14.7 Å². The largest absolute Gasteiger partial charge is 0.436 e. The first-order valence-electron chi connectivity index (χ1n) is 8.20. The molecule has 2 aromatic rings. The number of carbonyl (C=O) groups excluding carboxylic acids is 1. The Morgan fingerprint density at radius 1 is 1.11 bits per heavy atom. The zero-order valence-corrected chi connectivity index (χ0v) is 16.0. The summed E-state index contributed by atoms with van der Waals surface area (Å²) in [6.07, 6.45) is -4.82. The molecule has 1 atom stereocenters. The first-order chi connectivity index (χ1) is 13.2. The molecule has 28 heavy (non-hydrogen) atoms. The van der Waals surface area contributed by atoms with E-state index in [0.29, 0.717) is 16.3 Å². The average molecular weight is 424 g/mol. The van der Waals surface area contributed by atoms with E-state index in [0.717, 1.165) is 22.2 Å². The van der Waals surface area contributed by atoms with Crippen molar-refractivity contribution in [3.8, 4) is 0 Å². The molecular weight excluding hydrogens is 411 g/mol. The number of nitrogens with zero attached hydrogens (tertiary/aromatic N) is 2. The van der Waals surface area contributed by atoms with Gasteiger partial charge in [-0.1, -0.05) is 65.3 Å². The third-order valence-electron chi connectivity index (χ3n) is 4.48. The van der Waals surface area contributed by atoms with E-state index in [-0.39, 0.29) is 10.7 Å². The van der Waals surface area contributed by atoms with Gasteiger partial charge in [0.1, 0.15) is 0 Å². The lowest BCUT2D eigenvalue weighted by molar-refractivity contribution is -0.196. The maximum Gasteiger partial charge on any atom is 0.436 e. The summed E-state index contributed by atoms with van der Waals surface area (Å²) in [5, 5.41) is 4.16. The van der Waals surface area contributed by atoms with E-state index in [1.807, 2.05) is 0 Å². The lowest BCUT2D eigenvalue weighted by atomic mass is 9.97. The Balaban J connectivity index is 1.80. The van der Waals surface area contributed by atoms with E-state index in [1.54, 1.807) is 48.7 Å². The van der Waals surface area contributed by atoms with Crippen molar-refractivity contribution in [1.82, 2.24) is 10.2 Å². The van der Waals surface area contributed by atoms with Crippen LogP contribution in [0.1, 0.15) is 16.7 Å². The highest BCUT2D eigenvalue weighted by molar-refractivity contribution is 8.16. The van der Waals surface area contributed by atoms with Crippen LogP contribution in [0.25, 0.3) is 5.70 Å². The van der Waals surface area contributed by atoms with Crippen LogP contribution in [0.4, 0.5) is 18.0 Å². The highest BCUT2D eigenvalue weighted by Crippen LogP contribution is 2.46. The number of fused-ring (bicyclic) bond motifs is 1. The number of rotatable bonds is 2. The SMILES string of the molecule is Cc1ccc([C@]2(C(F)(F)F)N=C3SC=C(c4ccc(Cl)cc4)N3C(=O)N2)cc1. The Kier molecular flexibility index (Phi) is 4.43. The fourth-order valence-corrected chi connectivity index (χ4v) is 4.08. The van der Waals surface area contributed by atoms with Gasteiger partial charge in [0.2, 0.25) is 0 Å². The first-order valence-corrected chi connectivity index (χ1v) is 9.46. The van der Waals surface area contributed by atoms with Crippen molar-refractivity contribution in [2.45, 2.75) is 18.8 Å². The smallest absolute Gasteiger partial charge is 0.301 e. The zero-order chi connectivity index (χ0) is 20.1.